The molecule has 3 aromatic heterocycles. The molecule has 7 nitrogen and oxygen atoms in total. The number of likely N-dealkylation sites (N-methyl/N-ethyl adjacent to an activating group) is 1. The molecule has 1 amide bonds. The van der Waals surface area contributed by atoms with E-state index in [1.807, 2.05) is 6.07 Å². The number of anilines is 1. The first kappa shape index (κ1) is 21.1. The molecule has 0 radical (unpaired) electrons. The molecule has 0 aliphatic heterocycles. The zero-order valence-electron chi connectivity index (χ0n) is 18.1. The van der Waals surface area contributed by atoms with Crippen LogP contribution in [0.15, 0.2) is 47.7 Å². The van der Waals surface area contributed by atoms with Gasteiger partial charge in [0.2, 0.25) is 0 Å². The van der Waals surface area contributed by atoms with Gasteiger partial charge in [-0.05, 0) is 56.1 Å². The summed E-state index contributed by atoms with van der Waals surface area (Å²) < 4.78 is 1.66. The second-order valence-corrected chi connectivity index (χ2v) is 7.82. The summed E-state index contributed by atoms with van der Waals surface area (Å²) in [5.74, 6) is -0.297. The number of amides is 1. The lowest BCUT2D eigenvalue weighted by Crippen LogP contribution is -2.32. The Bertz CT molecular complexity index is 1130. The van der Waals surface area contributed by atoms with E-state index >= 15 is 0 Å². The molecule has 0 fully saturated rings. The second-order valence-electron chi connectivity index (χ2n) is 7.82. The van der Waals surface area contributed by atoms with Crippen LogP contribution in [-0.2, 0) is 19.4 Å². The van der Waals surface area contributed by atoms with Gasteiger partial charge in [0.1, 0.15) is 5.69 Å². The quantitative estimate of drug-likeness (QED) is 0.615. The summed E-state index contributed by atoms with van der Waals surface area (Å²) in [7, 11) is 0. The topological polar surface area (TPSA) is 83.0 Å². The summed E-state index contributed by atoms with van der Waals surface area (Å²) in [5.41, 5.74) is 4.49. The molecule has 7 heteroatoms. The van der Waals surface area contributed by atoms with E-state index in [0.717, 1.165) is 61.4 Å². The van der Waals surface area contributed by atoms with Crippen LogP contribution in [0.5, 0.6) is 0 Å². The van der Waals surface area contributed by atoms with Crippen LogP contribution in [0.4, 0.5) is 5.69 Å². The molecule has 0 unspecified atom stereocenters. The Kier molecular flexibility index (Phi) is 6.32. The zero-order valence-corrected chi connectivity index (χ0v) is 18.1. The summed E-state index contributed by atoms with van der Waals surface area (Å²) in [6, 6.07) is 7.46. The maximum absolute atomic E-state index is 13.2. The summed E-state index contributed by atoms with van der Waals surface area (Å²) in [6.45, 7) is 7.47. The Hall–Kier alpha value is -3.19. The first-order valence-corrected chi connectivity index (χ1v) is 11.0. The van der Waals surface area contributed by atoms with Gasteiger partial charge in [-0.3, -0.25) is 14.6 Å². The molecule has 162 valence electrons. The van der Waals surface area contributed by atoms with Crippen molar-refractivity contribution in [2.45, 2.75) is 39.7 Å². The predicted octanol–water partition coefficient (Wildman–Crippen LogP) is 3.32. The SMILES string of the molecule is CCN(CC)CCn1cccc(NC(=O)c2c[nH]c3c2-c2ncccc2CCC3)c1=O. The summed E-state index contributed by atoms with van der Waals surface area (Å²) in [4.78, 5) is 36.2. The molecule has 31 heavy (non-hydrogen) atoms. The Morgan fingerprint density at radius 1 is 1.23 bits per heavy atom. The van der Waals surface area contributed by atoms with Gasteiger partial charge in [-0.25, -0.2) is 0 Å². The van der Waals surface area contributed by atoms with Crippen LogP contribution in [0.1, 0.15) is 41.9 Å². The number of hydrogen-bond acceptors (Lipinski definition) is 4. The maximum Gasteiger partial charge on any atom is 0.274 e. The minimum Gasteiger partial charge on any atom is -0.364 e. The van der Waals surface area contributed by atoms with Crippen LogP contribution < -0.4 is 10.9 Å². The van der Waals surface area contributed by atoms with Gasteiger partial charge in [-0.2, -0.15) is 0 Å². The number of nitrogens with zero attached hydrogens (tertiary/aromatic N) is 3. The fourth-order valence-corrected chi connectivity index (χ4v) is 4.22. The van der Waals surface area contributed by atoms with Gasteiger partial charge in [0.15, 0.2) is 0 Å². The monoisotopic (exact) mass is 419 g/mol. The predicted molar refractivity (Wildman–Crippen MR) is 122 cm³/mol. The lowest BCUT2D eigenvalue weighted by Gasteiger charge is -2.18. The number of aryl methyl sites for hydroxylation is 2. The minimum atomic E-state index is -0.297. The van der Waals surface area contributed by atoms with E-state index < -0.39 is 0 Å². The minimum absolute atomic E-state index is 0.192. The third-order valence-corrected chi connectivity index (χ3v) is 6.03. The molecule has 0 atom stereocenters. The molecule has 1 aliphatic rings. The number of fused-ring (bicyclic) bond motifs is 3. The van der Waals surface area contributed by atoms with Gasteiger partial charge in [-0.15, -0.1) is 0 Å². The van der Waals surface area contributed by atoms with Gasteiger partial charge in [0, 0.05) is 42.9 Å². The number of rotatable bonds is 7. The fourth-order valence-electron chi connectivity index (χ4n) is 4.22. The van der Waals surface area contributed by atoms with E-state index in [1.54, 1.807) is 35.3 Å². The van der Waals surface area contributed by atoms with E-state index in [4.69, 9.17) is 0 Å². The van der Waals surface area contributed by atoms with Crippen molar-refractivity contribution in [1.29, 1.82) is 0 Å². The number of aromatic nitrogens is 3. The third-order valence-electron chi connectivity index (χ3n) is 6.03. The van der Waals surface area contributed by atoms with Crippen LogP contribution in [0.2, 0.25) is 0 Å². The van der Waals surface area contributed by atoms with Gasteiger partial charge in [-0.1, -0.05) is 19.9 Å². The Morgan fingerprint density at radius 3 is 2.87 bits per heavy atom. The first-order valence-electron chi connectivity index (χ1n) is 11.0. The maximum atomic E-state index is 13.2. The number of carbonyl (C=O) groups excluding carboxylic acids is 1. The Balaban J connectivity index is 1.60. The number of H-pyrrole nitrogens is 1. The fraction of sp³-hybridized carbons (Fsp3) is 0.375. The van der Waals surface area contributed by atoms with Crippen molar-refractivity contribution in [2.75, 3.05) is 25.0 Å². The van der Waals surface area contributed by atoms with Crippen LogP contribution in [0, 0.1) is 0 Å². The van der Waals surface area contributed by atoms with E-state index in [1.165, 1.54) is 0 Å². The summed E-state index contributed by atoms with van der Waals surface area (Å²) >= 11 is 0. The molecule has 0 spiro atoms. The van der Waals surface area contributed by atoms with Crippen molar-refractivity contribution in [1.82, 2.24) is 19.4 Å². The van der Waals surface area contributed by atoms with Crippen molar-refractivity contribution >= 4 is 11.6 Å². The highest BCUT2D eigenvalue weighted by atomic mass is 16.2. The molecule has 3 aromatic rings. The molecule has 0 bridgehead atoms. The van der Waals surface area contributed by atoms with E-state index in [-0.39, 0.29) is 17.2 Å². The zero-order chi connectivity index (χ0) is 21.8. The Morgan fingerprint density at radius 2 is 2.06 bits per heavy atom. The van der Waals surface area contributed by atoms with Gasteiger partial charge in [0.25, 0.3) is 11.5 Å². The van der Waals surface area contributed by atoms with Crippen LogP contribution in [0.25, 0.3) is 11.3 Å². The molecule has 0 aromatic carbocycles. The summed E-state index contributed by atoms with van der Waals surface area (Å²) in [6.07, 6.45) is 8.05. The number of hydrogen-bond donors (Lipinski definition) is 2. The molecular weight excluding hydrogens is 390 g/mol. The number of pyridine rings is 2. The van der Waals surface area contributed by atoms with Gasteiger partial charge < -0.3 is 19.8 Å². The average Bonchev–Trinajstić information content (AvgIpc) is 3.12. The highest BCUT2D eigenvalue weighted by molar-refractivity contribution is 6.09. The average molecular weight is 420 g/mol. The second kappa shape index (κ2) is 9.31. The van der Waals surface area contributed by atoms with Crippen LogP contribution in [0.3, 0.4) is 0 Å². The third kappa shape index (κ3) is 4.32. The molecule has 4 rings (SSSR count). The highest BCUT2D eigenvalue weighted by Gasteiger charge is 2.24. The molecule has 2 N–H and O–H groups in total. The normalized spacial score (nSPS) is 12.9. The molecular formula is C24H29N5O2. The smallest absolute Gasteiger partial charge is 0.274 e. The Labute approximate surface area is 182 Å². The molecule has 0 saturated heterocycles. The van der Waals surface area contributed by atoms with Gasteiger partial charge >= 0.3 is 0 Å². The van der Waals surface area contributed by atoms with Gasteiger partial charge in [0.05, 0.1) is 11.3 Å². The molecule has 0 saturated carbocycles. The number of nitrogens with one attached hydrogen (secondary N) is 2. The highest BCUT2D eigenvalue weighted by Crippen LogP contribution is 2.33. The van der Waals surface area contributed by atoms with E-state index in [0.29, 0.717) is 12.1 Å². The van der Waals surface area contributed by atoms with Crippen molar-refractivity contribution in [3.63, 3.8) is 0 Å². The molecule has 1 aliphatic carbocycles. The van der Waals surface area contributed by atoms with Crippen LogP contribution >= 0.6 is 0 Å². The lowest BCUT2D eigenvalue weighted by molar-refractivity contribution is 0.102. The lowest BCUT2D eigenvalue weighted by atomic mass is 10.0. The summed E-state index contributed by atoms with van der Waals surface area (Å²) in [5, 5.41) is 2.84. The first-order chi connectivity index (χ1) is 15.1. The van der Waals surface area contributed by atoms with Crippen molar-refractivity contribution in [2.24, 2.45) is 0 Å². The van der Waals surface area contributed by atoms with E-state index in [2.05, 4.69) is 40.1 Å². The van der Waals surface area contributed by atoms with E-state index in [9.17, 15) is 9.59 Å². The number of aromatic amines is 1. The molecule has 3 heterocycles. The van der Waals surface area contributed by atoms with Crippen molar-refractivity contribution in [3.8, 4) is 11.3 Å². The van der Waals surface area contributed by atoms with Crippen molar-refractivity contribution in [3.05, 3.63) is 70.0 Å². The van der Waals surface area contributed by atoms with Crippen LogP contribution in [-0.4, -0.2) is 45.0 Å². The standard InChI is InChI=1S/C24H29N5O2/c1-3-28(4-2)14-15-29-13-7-11-20(24(29)31)27-23(30)18-16-26-19-10-5-8-17-9-6-12-25-22(17)21(18)19/h6-7,9,11-13,16,26H,3-5,8,10,14-15H2,1-2H3,(H,27,30). The number of carbonyl (C=O) groups is 1. The van der Waals surface area contributed by atoms with Crippen molar-refractivity contribution < 1.29 is 4.79 Å². The largest absolute Gasteiger partial charge is 0.364 e.